The van der Waals surface area contributed by atoms with Gasteiger partial charge >= 0.3 is 5.97 Å². The van der Waals surface area contributed by atoms with E-state index in [0.29, 0.717) is 0 Å². The minimum absolute atomic E-state index is 0.0770. The molecule has 0 saturated carbocycles. The molecule has 120 valence electrons. The third-order valence-electron chi connectivity index (χ3n) is 3.27. The highest BCUT2D eigenvalue weighted by atomic mass is 16.4. The molecular formula is C16H17N3O4. The van der Waals surface area contributed by atoms with Crippen molar-refractivity contribution in [2.24, 2.45) is 0 Å². The van der Waals surface area contributed by atoms with Crippen molar-refractivity contribution < 1.29 is 14.7 Å². The highest BCUT2D eigenvalue weighted by Crippen LogP contribution is 2.02. The number of aliphatic carboxylic acids is 1. The van der Waals surface area contributed by atoms with Gasteiger partial charge < -0.3 is 10.0 Å². The van der Waals surface area contributed by atoms with Gasteiger partial charge in [-0.15, -0.1) is 0 Å². The lowest BCUT2D eigenvalue weighted by atomic mass is 10.2. The lowest BCUT2D eigenvalue weighted by Gasteiger charge is -2.16. The Morgan fingerprint density at radius 2 is 1.87 bits per heavy atom. The van der Waals surface area contributed by atoms with Crippen molar-refractivity contribution in [2.75, 3.05) is 13.6 Å². The van der Waals surface area contributed by atoms with Crippen LogP contribution in [-0.2, 0) is 11.3 Å². The summed E-state index contributed by atoms with van der Waals surface area (Å²) >= 11 is 0. The van der Waals surface area contributed by atoms with Gasteiger partial charge in [0.15, 0.2) is 0 Å². The molecule has 7 nitrogen and oxygen atoms in total. The molecule has 7 heteroatoms. The topological polar surface area (TPSA) is 92.5 Å². The quantitative estimate of drug-likeness (QED) is 0.852. The largest absolute Gasteiger partial charge is 0.481 e. The summed E-state index contributed by atoms with van der Waals surface area (Å²) in [6.45, 7) is 0.341. The molecule has 0 fully saturated rings. The second kappa shape index (κ2) is 7.35. The second-order valence-corrected chi connectivity index (χ2v) is 5.07. The van der Waals surface area contributed by atoms with Gasteiger partial charge in [0.2, 0.25) is 0 Å². The van der Waals surface area contributed by atoms with Crippen LogP contribution < -0.4 is 5.56 Å². The first-order valence-corrected chi connectivity index (χ1v) is 7.06. The van der Waals surface area contributed by atoms with Gasteiger partial charge in [0.1, 0.15) is 5.69 Å². The van der Waals surface area contributed by atoms with E-state index in [0.717, 1.165) is 5.56 Å². The fourth-order valence-corrected chi connectivity index (χ4v) is 1.99. The lowest BCUT2D eigenvalue weighted by Crippen LogP contribution is -2.32. The fraction of sp³-hybridized carbons (Fsp3) is 0.250. The molecule has 1 N–H and O–H groups in total. The van der Waals surface area contributed by atoms with Crippen LogP contribution in [0.4, 0.5) is 0 Å². The predicted octanol–water partition coefficient (Wildman–Crippen LogP) is 0.838. The lowest BCUT2D eigenvalue weighted by molar-refractivity contribution is -0.137. The number of carbonyl (C=O) groups is 2. The highest BCUT2D eigenvalue weighted by Gasteiger charge is 2.15. The van der Waals surface area contributed by atoms with Gasteiger partial charge in [-0.05, 0) is 11.6 Å². The van der Waals surface area contributed by atoms with Crippen LogP contribution >= 0.6 is 0 Å². The summed E-state index contributed by atoms with van der Waals surface area (Å²) in [5, 5.41) is 12.7. The van der Waals surface area contributed by atoms with Gasteiger partial charge in [-0.3, -0.25) is 14.4 Å². The first kappa shape index (κ1) is 16.4. The number of hydrogen-bond acceptors (Lipinski definition) is 4. The third kappa shape index (κ3) is 4.50. The maximum absolute atomic E-state index is 12.2. The molecule has 0 aliphatic rings. The van der Waals surface area contributed by atoms with Crippen LogP contribution in [0, 0.1) is 0 Å². The Morgan fingerprint density at radius 1 is 1.17 bits per heavy atom. The Morgan fingerprint density at radius 3 is 2.52 bits per heavy atom. The molecule has 0 atom stereocenters. The summed E-state index contributed by atoms with van der Waals surface area (Å²) in [4.78, 5) is 35.9. The minimum Gasteiger partial charge on any atom is -0.481 e. The van der Waals surface area contributed by atoms with Crippen LogP contribution in [0.5, 0.6) is 0 Å². The summed E-state index contributed by atoms with van der Waals surface area (Å²) in [6, 6.07) is 11.9. The number of carboxylic acid groups (broad SMARTS) is 1. The van der Waals surface area contributed by atoms with E-state index in [4.69, 9.17) is 5.11 Å². The number of hydrogen-bond donors (Lipinski definition) is 1. The first-order valence-electron chi connectivity index (χ1n) is 7.06. The fourth-order valence-electron chi connectivity index (χ4n) is 1.99. The molecule has 2 rings (SSSR count). The summed E-state index contributed by atoms with van der Waals surface area (Å²) < 4.78 is 1.22. The van der Waals surface area contributed by atoms with Crippen molar-refractivity contribution in [3.8, 4) is 0 Å². The van der Waals surface area contributed by atoms with Crippen molar-refractivity contribution in [3.05, 3.63) is 64.1 Å². The van der Waals surface area contributed by atoms with Crippen LogP contribution in [0.15, 0.2) is 47.3 Å². The molecule has 1 aromatic carbocycles. The standard InChI is InChI=1S/C16H17N3O4/c1-18(10-9-15(21)22)16(23)13-7-8-14(20)19(17-13)11-12-5-3-2-4-6-12/h2-8H,9-11H2,1H3,(H,21,22). The SMILES string of the molecule is CN(CCC(=O)O)C(=O)c1ccc(=O)n(Cc2ccccc2)n1. The van der Waals surface area contributed by atoms with E-state index in [1.54, 1.807) is 0 Å². The number of carbonyl (C=O) groups excluding carboxylic acids is 1. The number of amides is 1. The van der Waals surface area contributed by atoms with Gasteiger partial charge in [0.25, 0.3) is 11.5 Å². The van der Waals surface area contributed by atoms with Crippen molar-refractivity contribution in [3.63, 3.8) is 0 Å². The second-order valence-electron chi connectivity index (χ2n) is 5.07. The molecule has 0 aliphatic carbocycles. The maximum atomic E-state index is 12.2. The monoisotopic (exact) mass is 315 g/mol. The van der Waals surface area contributed by atoms with Crippen molar-refractivity contribution in [1.82, 2.24) is 14.7 Å². The van der Waals surface area contributed by atoms with E-state index >= 15 is 0 Å². The number of nitrogens with zero attached hydrogens (tertiary/aromatic N) is 3. The third-order valence-corrected chi connectivity index (χ3v) is 3.27. The predicted molar refractivity (Wildman–Crippen MR) is 83.3 cm³/mol. The molecule has 23 heavy (non-hydrogen) atoms. The number of carboxylic acids is 1. The van der Waals surface area contributed by atoms with Gasteiger partial charge in [-0.2, -0.15) is 5.10 Å². The van der Waals surface area contributed by atoms with E-state index in [2.05, 4.69) is 5.10 Å². The van der Waals surface area contributed by atoms with E-state index in [-0.39, 0.29) is 30.8 Å². The molecule has 0 bridgehead atoms. The van der Waals surface area contributed by atoms with E-state index in [1.165, 1.54) is 28.8 Å². The zero-order valence-corrected chi connectivity index (χ0v) is 12.7. The smallest absolute Gasteiger partial charge is 0.305 e. The van der Waals surface area contributed by atoms with Crippen LogP contribution in [0.25, 0.3) is 0 Å². The number of benzene rings is 1. The Hall–Kier alpha value is -2.96. The molecule has 2 aromatic rings. The van der Waals surface area contributed by atoms with Gasteiger partial charge in [0.05, 0.1) is 13.0 Å². The number of aromatic nitrogens is 2. The average Bonchev–Trinajstić information content (AvgIpc) is 2.55. The summed E-state index contributed by atoms with van der Waals surface area (Å²) in [5.41, 5.74) is 0.693. The molecule has 1 amide bonds. The van der Waals surface area contributed by atoms with Crippen LogP contribution in [0.3, 0.4) is 0 Å². The Labute approximate surface area is 132 Å². The molecule has 0 radical (unpaired) electrons. The van der Waals surface area contributed by atoms with Crippen LogP contribution in [0.1, 0.15) is 22.5 Å². The van der Waals surface area contributed by atoms with Crippen molar-refractivity contribution in [1.29, 1.82) is 0 Å². The van der Waals surface area contributed by atoms with Crippen molar-refractivity contribution in [2.45, 2.75) is 13.0 Å². The Bertz CT molecular complexity index is 755. The van der Waals surface area contributed by atoms with E-state index < -0.39 is 11.9 Å². The summed E-state index contributed by atoms with van der Waals surface area (Å²) in [7, 11) is 1.50. The van der Waals surface area contributed by atoms with Gasteiger partial charge in [-0.1, -0.05) is 30.3 Å². The van der Waals surface area contributed by atoms with Crippen LogP contribution in [-0.4, -0.2) is 45.3 Å². The maximum Gasteiger partial charge on any atom is 0.305 e. The van der Waals surface area contributed by atoms with E-state index in [9.17, 15) is 14.4 Å². The summed E-state index contributed by atoms with van der Waals surface area (Å²) in [5.74, 6) is -1.40. The molecule has 0 saturated heterocycles. The molecule has 1 heterocycles. The van der Waals surface area contributed by atoms with Gasteiger partial charge in [0, 0.05) is 19.7 Å². The Kier molecular flexibility index (Phi) is 5.24. The highest BCUT2D eigenvalue weighted by molar-refractivity contribution is 5.92. The first-order chi connectivity index (χ1) is 11.0. The van der Waals surface area contributed by atoms with Crippen LogP contribution in [0.2, 0.25) is 0 Å². The van der Waals surface area contributed by atoms with E-state index in [1.807, 2.05) is 30.3 Å². The molecule has 1 aromatic heterocycles. The Balaban J connectivity index is 2.17. The zero-order chi connectivity index (χ0) is 16.8. The number of rotatable bonds is 6. The average molecular weight is 315 g/mol. The minimum atomic E-state index is -0.980. The molecular weight excluding hydrogens is 298 g/mol. The molecule has 0 aliphatic heterocycles. The normalized spacial score (nSPS) is 10.3. The molecule has 0 unspecified atom stereocenters. The summed E-state index contributed by atoms with van der Waals surface area (Å²) in [6.07, 6.45) is -0.147. The molecule has 0 spiro atoms. The van der Waals surface area contributed by atoms with Gasteiger partial charge in [-0.25, -0.2) is 4.68 Å². The van der Waals surface area contributed by atoms with Crippen molar-refractivity contribution >= 4 is 11.9 Å². The zero-order valence-electron chi connectivity index (χ0n) is 12.7.